The molecule has 1 aromatic carbocycles. The minimum Gasteiger partial charge on any atom is -0.444 e. The number of benzene rings is 1. The molecule has 1 aromatic heterocycles. The Hall–Kier alpha value is -2.32. The van der Waals surface area contributed by atoms with Gasteiger partial charge in [-0.25, -0.2) is 9.78 Å². The van der Waals surface area contributed by atoms with Gasteiger partial charge >= 0.3 is 13.2 Å². The number of aromatic amines is 1. The molecule has 3 rings (SSSR count). The van der Waals surface area contributed by atoms with Crippen LogP contribution in [0.3, 0.4) is 0 Å². The summed E-state index contributed by atoms with van der Waals surface area (Å²) in [5.74, 6) is 0.802. The molecule has 1 saturated heterocycles. The summed E-state index contributed by atoms with van der Waals surface area (Å²) >= 11 is 0. The number of amides is 1. The van der Waals surface area contributed by atoms with Crippen LogP contribution in [0.1, 0.15) is 54.3 Å². The summed E-state index contributed by atoms with van der Waals surface area (Å²) in [4.78, 5) is 19.4. The number of nitrogens with zero attached hydrogens (tertiary/aromatic N) is 1. The van der Waals surface area contributed by atoms with Gasteiger partial charge in [-0.1, -0.05) is 24.3 Å². The van der Waals surface area contributed by atoms with Crippen molar-refractivity contribution in [3.8, 4) is 11.3 Å². The summed E-state index contributed by atoms with van der Waals surface area (Å²) in [6.45, 7) is 14.1. The molecule has 30 heavy (non-hydrogen) atoms. The van der Waals surface area contributed by atoms with Crippen LogP contribution in [-0.2, 0) is 20.5 Å². The highest BCUT2D eigenvalue weighted by Gasteiger charge is 2.51. The maximum Gasteiger partial charge on any atom is 0.494 e. The molecule has 0 spiro atoms. The van der Waals surface area contributed by atoms with Gasteiger partial charge in [0.15, 0.2) is 0 Å². The maximum absolute atomic E-state index is 11.7. The van der Waals surface area contributed by atoms with E-state index in [-0.39, 0.29) is 18.3 Å². The average molecular weight is 413 g/mol. The molecule has 0 bridgehead atoms. The van der Waals surface area contributed by atoms with Crippen LogP contribution >= 0.6 is 0 Å². The lowest BCUT2D eigenvalue weighted by molar-refractivity contribution is 0.00578. The fourth-order valence-electron chi connectivity index (χ4n) is 3.03. The van der Waals surface area contributed by atoms with Crippen LogP contribution in [0.2, 0.25) is 0 Å². The smallest absolute Gasteiger partial charge is 0.444 e. The third-order valence-corrected chi connectivity index (χ3v) is 5.41. The van der Waals surface area contributed by atoms with Gasteiger partial charge in [0.05, 0.1) is 23.1 Å². The first-order chi connectivity index (χ1) is 13.9. The maximum atomic E-state index is 11.7. The van der Waals surface area contributed by atoms with Crippen LogP contribution in [-0.4, -0.2) is 46.5 Å². The summed E-state index contributed by atoms with van der Waals surface area (Å²) in [7, 11) is -0.375. The molecule has 0 radical (unpaired) electrons. The van der Waals surface area contributed by atoms with Gasteiger partial charge in [0.1, 0.15) is 11.4 Å². The second-order valence-electron chi connectivity index (χ2n) is 9.63. The quantitative estimate of drug-likeness (QED) is 0.734. The van der Waals surface area contributed by atoms with Gasteiger partial charge in [-0.3, -0.25) is 0 Å². The Bertz CT molecular complexity index is 869. The number of hydrogen-bond acceptors (Lipinski definition) is 5. The molecular weight excluding hydrogens is 381 g/mol. The summed E-state index contributed by atoms with van der Waals surface area (Å²) in [6.07, 6.45) is 1.96. The van der Waals surface area contributed by atoms with Crippen molar-refractivity contribution >= 4 is 18.7 Å². The lowest BCUT2D eigenvalue weighted by Crippen LogP contribution is -2.41. The minimum atomic E-state index is -0.506. The van der Waals surface area contributed by atoms with Gasteiger partial charge in [0, 0.05) is 13.0 Å². The lowest BCUT2D eigenvalue weighted by atomic mass is 9.79. The van der Waals surface area contributed by atoms with Gasteiger partial charge < -0.3 is 24.3 Å². The molecule has 1 aliphatic heterocycles. The van der Waals surface area contributed by atoms with Crippen molar-refractivity contribution in [2.24, 2.45) is 0 Å². The van der Waals surface area contributed by atoms with Gasteiger partial charge in [-0.05, 0) is 59.5 Å². The normalized spacial score (nSPS) is 17.8. The van der Waals surface area contributed by atoms with Crippen LogP contribution in [0, 0.1) is 0 Å². The number of carbonyl (C=O) groups is 1. The van der Waals surface area contributed by atoms with Gasteiger partial charge in [0.25, 0.3) is 0 Å². The predicted octanol–water partition coefficient (Wildman–Crippen LogP) is 3.44. The van der Waals surface area contributed by atoms with E-state index in [9.17, 15) is 4.79 Å². The second-order valence-corrected chi connectivity index (χ2v) is 9.63. The van der Waals surface area contributed by atoms with Gasteiger partial charge in [0.2, 0.25) is 0 Å². The third kappa shape index (κ3) is 5.23. The summed E-state index contributed by atoms with van der Waals surface area (Å²) < 4.78 is 17.4. The molecular formula is C22H32BN3O4. The van der Waals surface area contributed by atoms with Crippen molar-refractivity contribution in [1.29, 1.82) is 0 Å². The Balaban J connectivity index is 1.57. The molecule has 0 aliphatic carbocycles. The summed E-state index contributed by atoms with van der Waals surface area (Å²) in [5, 5.41) is 2.74. The Morgan fingerprint density at radius 2 is 1.73 bits per heavy atom. The molecule has 0 atom stereocenters. The van der Waals surface area contributed by atoms with Crippen molar-refractivity contribution in [3.05, 3.63) is 36.3 Å². The Morgan fingerprint density at radius 3 is 2.30 bits per heavy atom. The number of carbonyl (C=O) groups excluding carboxylic acids is 1. The topological polar surface area (TPSA) is 85.5 Å². The Morgan fingerprint density at radius 1 is 1.13 bits per heavy atom. The minimum absolute atomic E-state index is 0.359. The number of imidazole rings is 1. The lowest BCUT2D eigenvalue weighted by Gasteiger charge is -2.32. The standard InChI is InChI=1S/C22H32BN3O4/c1-20(2,3)28-19(27)24-13-12-18-25-14-17(26-18)15-8-10-16(11-9-15)23-29-21(4,5)22(6,7)30-23/h8-11,14H,12-13H2,1-7H3,(H,24,27)(H,25,26). The number of hydrogen-bond donors (Lipinski definition) is 2. The van der Waals surface area contributed by atoms with E-state index in [1.807, 2.05) is 72.7 Å². The number of alkyl carbamates (subject to hydrolysis) is 1. The monoisotopic (exact) mass is 413 g/mol. The first-order valence-corrected chi connectivity index (χ1v) is 10.3. The van der Waals surface area contributed by atoms with E-state index in [4.69, 9.17) is 14.0 Å². The molecule has 2 N–H and O–H groups in total. The van der Waals surface area contributed by atoms with Crippen LogP contribution in [0.25, 0.3) is 11.3 Å². The van der Waals surface area contributed by atoms with Crippen LogP contribution < -0.4 is 10.8 Å². The summed E-state index contributed by atoms with van der Waals surface area (Å²) in [6, 6.07) is 8.08. The van der Waals surface area contributed by atoms with Gasteiger partial charge in [-0.2, -0.15) is 0 Å². The second kappa shape index (κ2) is 8.08. The number of H-pyrrole nitrogens is 1. The number of nitrogens with one attached hydrogen (secondary N) is 2. The van der Waals surface area contributed by atoms with E-state index in [0.717, 1.165) is 22.5 Å². The molecule has 7 nitrogen and oxygen atoms in total. The molecule has 2 heterocycles. The van der Waals surface area contributed by atoms with Gasteiger partial charge in [-0.15, -0.1) is 0 Å². The van der Waals surface area contributed by atoms with E-state index >= 15 is 0 Å². The highest BCUT2D eigenvalue weighted by molar-refractivity contribution is 6.62. The molecule has 0 unspecified atom stereocenters. The molecule has 162 valence electrons. The van der Waals surface area contributed by atoms with Crippen molar-refractivity contribution in [1.82, 2.24) is 15.3 Å². The average Bonchev–Trinajstić information content (AvgIpc) is 3.16. The Kier molecular flexibility index (Phi) is 6.02. The fraction of sp³-hybridized carbons (Fsp3) is 0.545. The third-order valence-electron chi connectivity index (χ3n) is 5.41. The van der Waals surface area contributed by atoms with Crippen molar-refractivity contribution in [3.63, 3.8) is 0 Å². The zero-order valence-electron chi connectivity index (χ0n) is 19.0. The SMILES string of the molecule is CC(C)(C)OC(=O)NCCc1ncc(-c2ccc(B3OC(C)(C)C(C)(C)O3)cc2)[nH]1. The van der Waals surface area contributed by atoms with Crippen molar-refractivity contribution in [2.75, 3.05) is 6.54 Å². The number of aromatic nitrogens is 2. The molecule has 8 heteroatoms. The fourth-order valence-corrected chi connectivity index (χ4v) is 3.03. The van der Waals surface area contributed by atoms with Crippen molar-refractivity contribution < 1.29 is 18.8 Å². The van der Waals surface area contributed by atoms with E-state index in [1.165, 1.54) is 0 Å². The molecule has 1 fully saturated rings. The highest BCUT2D eigenvalue weighted by atomic mass is 16.7. The molecule has 1 amide bonds. The zero-order valence-corrected chi connectivity index (χ0v) is 19.0. The summed E-state index contributed by atoms with van der Waals surface area (Å²) in [5.41, 5.74) is 1.70. The van der Waals surface area contributed by atoms with Crippen LogP contribution in [0.15, 0.2) is 30.5 Å². The number of rotatable bonds is 5. The van der Waals surface area contributed by atoms with E-state index in [0.29, 0.717) is 13.0 Å². The largest absolute Gasteiger partial charge is 0.494 e. The van der Waals surface area contributed by atoms with Crippen LogP contribution in [0.4, 0.5) is 4.79 Å². The molecule has 1 aliphatic rings. The predicted molar refractivity (Wildman–Crippen MR) is 118 cm³/mol. The zero-order chi connectivity index (χ0) is 22.2. The molecule has 2 aromatic rings. The first-order valence-electron chi connectivity index (χ1n) is 10.3. The first kappa shape index (κ1) is 22.4. The van der Waals surface area contributed by atoms with Crippen LogP contribution in [0.5, 0.6) is 0 Å². The Labute approximate surface area is 179 Å². The number of ether oxygens (including phenoxy) is 1. The van der Waals surface area contributed by atoms with E-state index in [1.54, 1.807) is 6.20 Å². The highest BCUT2D eigenvalue weighted by Crippen LogP contribution is 2.36. The van der Waals surface area contributed by atoms with E-state index in [2.05, 4.69) is 15.3 Å². The molecule has 0 saturated carbocycles. The van der Waals surface area contributed by atoms with E-state index < -0.39 is 11.7 Å². The van der Waals surface area contributed by atoms with Crippen molar-refractivity contribution in [2.45, 2.75) is 71.7 Å².